The highest BCUT2D eigenvalue weighted by molar-refractivity contribution is 7.11. The summed E-state index contributed by atoms with van der Waals surface area (Å²) in [5, 5.41) is 16.0. The Kier molecular flexibility index (Phi) is 5.34. The van der Waals surface area contributed by atoms with Crippen LogP contribution in [0.25, 0.3) is 0 Å². The Morgan fingerprint density at radius 3 is 2.67 bits per heavy atom. The number of carbonyl (C=O) groups excluding carboxylic acids is 1. The molecule has 0 aliphatic heterocycles. The van der Waals surface area contributed by atoms with E-state index in [1.165, 1.54) is 22.7 Å². The third-order valence-corrected chi connectivity index (χ3v) is 5.43. The molecule has 0 saturated carbocycles. The van der Waals surface area contributed by atoms with Crippen molar-refractivity contribution in [1.82, 2.24) is 15.3 Å². The number of aliphatic hydroxyl groups is 1. The van der Waals surface area contributed by atoms with Gasteiger partial charge in [-0.1, -0.05) is 30.3 Å². The van der Waals surface area contributed by atoms with Gasteiger partial charge in [0, 0.05) is 11.6 Å². The quantitative estimate of drug-likeness (QED) is 0.709. The van der Waals surface area contributed by atoms with E-state index in [1.54, 1.807) is 18.6 Å². The van der Waals surface area contributed by atoms with Crippen molar-refractivity contribution in [2.75, 3.05) is 0 Å². The van der Waals surface area contributed by atoms with Crippen LogP contribution in [-0.2, 0) is 6.42 Å². The van der Waals surface area contributed by atoms with Crippen LogP contribution in [0.3, 0.4) is 0 Å². The smallest absolute Gasteiger partial charge is 0.263 e. The Morgan fingerprint density at radius 2 is 2.04 bits per heavy atom. The van der Waals surface area contributed by atoms with E-state index in [2.05, 4.69) is 15.3 Å². The van der Waals surface area contributed by atoms with Crippen molar-refractivity contribution >= 4 is 28.6 Å². The number of nitrogens with one attached hydrogen (secondary N) is 1. The molecule has 0 fully saturated rings. The predicted octanol–water partition coefficient (Wildman–Crippen LogP) is 2.98. The normalized spacial score (nSPS) is 13.4. The number of benzene rings is 1. The zero-order chi connectivity index (χ0) is 16.9. The van der Waals surface area contributed by atoms with E-state index in [9.17, 15) is 9.90 Å². The van der Waals surface area contributed by atoms with Gasteiger partial charge in [0.2, 0.25) is 0 Å². The van der Waals surface area contributed by atoms with E-state index in [0.717, 1.165) is 5.56 Å². The highest BCUT2D eigenvalue weighted by Crippen LogP contribution is 2.23. The maximum Gasteiger partial charge on any atom is 0.263 e. The van der Waals surface area contributed by atoms with E-state index in [1.807, 2.05) is 35.7 Å². The van der Waals surface area contributed by atoms with Gasteiger partial charge in [-0.3, -0.25) is 4.79 Å². The zero-order valence-electron chi connectivity index (χ0n) is 13.0. The molecule has 7 heteroatoms. The number of thiazole rings is 2. The highest BCUT2D eigenvalue weighted by atomic mass is 32.1. The summed E-state index contributed by atoms with van der Waals surface area (Å²) in [6.45, 7) is 1.80. The molecule has 24 heavy (non-hydrogen) atoms. The van der Waals surface area contributed by atoms with Crippen LogP contribution in [0.5, 0.6) is 0 Å². The van der Waals surface area contributed by atoms with Gasteiger partial charge >= 0.3 is 0 Å². The van der Waals surface area contributed by atoms with Crippen LogP contribution < -0.4 is 5.32 Å². The highest BCUT2D eigenvalue weighted by Gasteiger charge is 2.26. The monoisotopic (exact) mass is 359 g/mol. The summed E-state index contributed by atoms with van der Waals surface area (Å²) in [5.74, 6) is -0.216. The Hall–Kier alpha value is -2.09. The summed E-state index contributed by atoms with van der Waals surface area (Å²) >= 11 is 2.67. The van der Waals surface area contributed by atoms with Crippen LogP contribution in [0.15, 0.2) is 47.4 Å². The van der Waals surface area contributed by atoms with Gasteiger partial charge in [0.1, 0.15) is 16.0 Å². The minimum atomic E-state index is -0.859. The van der Waals surface area contributed by atoms with Gasteiger partial charge in [0.25, 0.3) is 5.91 Å². The second-order valence-corrected chi connectivity index (χ2v) is 7.13. The largest absolute Gasteiger partial charge is 0.384 e. The summed E-state index contributed by atoms with van der Waals surface area (Å²) in [5.41, 5.74) is 3.38. The zero-order valence-corrected chi connectivity index (χ0v) is 14.7. The van der Waals surface area contributed by atoms with E-state index < -0.39 is 12.1 Å². The molecule has 2 N–H and O–H groups in total. The molecule has 124 valence electrons. The Morgan fingerprint density at radius 1 is 1.25 bits per heavy atom. The van der Waals surface area contributed by atoms with Crippen molar-refractivity contribution in [2.24, 2.45) is 0 Å². The molecule has 2 heterocycles. The van der Waals surface area contributed by atoms with Crippen LogP contribution in [-0.4, -0.2) is 27.0 Å². The van der Waals surface area contributed by atoms with E-state index >= 15 is 0 Å². The molecule has 0 aliphatic carbocycles. The molecule has 1 aromatic carbocycles. The second kappa shape index (κ2) is 7.65. The molecule has 0 spiro atoms. The first-order valence-electron chi connectivity index (χ1n) is 7.47. The molecule has 0 radical (unpaired) electrons. The van der Waals surface area contributed by atoms with Crippen LogP contribution in [0.4, 0.5) is 0 Å². The number of carbonyl (C=O) groups is 1. The van der Waals surface area contributed by atoms with Crippen LogP contribution in [0.2, 0.25) is 0 Å². The van der Waals surface area contributed by atoms with Gasteiger partial charge in [0.15, 0.2) is 0 Å². The van der Waals surface area contributed by atoms with Crippen molar-refractivity contribution in [2.45, 2.75) is 25.5 Å². The van der Waals surface area contributed by atoms with Gasteiger partial charge < -0.3 is 10.4 Å². The lowest BCUT2D eigenvalue weighted by Crippen LogP contribution is -2.41. The molecule has 2 aromatic heterocycles. The average Bonchev–Trinajstić information content (AvgIpc) is 3.26. The summed E-state index contributed by atoms with van der Waals surface area (Å²) in [7, 11) is 0. The summed E-state index contributed by atoms with van der Waals surface area (Å²) in [4.78, 5) is 21.4. The molecule has 1 amide bonds. The summed E-state index contributed by atoms with van der Waals surface area (Å²) < 4.78 is 0. The number of hydrogen-bond donors (Lipinski definition) is 2. The topological polar surface area (TPSA) is 75.1 Å². The number of rotatable bonds is 6. The summed E-state index contributed by atoms with van der Waals surface area (Å²) in [6.07, 6.45) is 1.31. The van der Waals surface area contributed by atoms with Gasteiger partial charge in [-0.25, -0.2) is 9.97 Å². The Labute approximate surface area is 148 Å². The van der Waals surface area contributed by atoms with Gasteiger partial charge in [-0.2, -0.15) is 0 Å². The summed E-state index contributed by atoms with van der Waals surface area (Å²) in [6, 6.07) is 9.31. The molecule has 0 saturated heterocycles. The second-order valence-electron chi connectivity index (χ2n) is 5.35. The van der Waals surface area contributed by atoms with Gasteiger partial charge in [0.05, 0.1) is 17.2 Å². The first kappa shape index (κ1) is 16.8. The first-order chi connectivity index (χ1) is 11.6. The van der Waals surface area contributed by atoms with Crippen LogP contribution in [0, 0.1) is 6.92 Å². The molecule has 0 aliphatic rings. The standard InChI is InChI=1S/C17H17N3O2S2/c1-11-15(24-10-19-11)16(22)20-13(9-12-5-3-2-4-6-12)14(21)17-18-7-8-23-17/h2-8,10,13-14,21H,9H2,1H3,(H,20,22)/t13-,14-/m0/s1. The molecule has 0 unspecified atom stereocenters. The SMILES string of the molecule is Cc1ncsc1C(=O)N[C@@H](Cc1ccccc1)[C@H](O)c1nccs1. The first-order valence-corrected chi connectivity index (χ1v) is 9.23. The number of aromatic nitrogens is 2. The third-order valence-electron chi connectivity index (χ3n) is 3.65. The molecular formula is C17H17N3O2S2. The van der Waals surface area contributed by atoms with Gasteiger partial charge in [-0.15, -0.1) is 22.7 Å². The van der Waals surface area contributed by atoms with E-state index in [-0.39, 0.29) is 5.91 Å². The van der Waals surface area contributed by atoms with E-state index in [4.69, 9.17) is 0 Å². The number of aryl methyl sites for hydroxylation is 1. The maximum atomic E-state index is 12.5. The minimum Gasteiger partial charge on any atom is -0.384 e. The lowest BCUT2D eigenvalue weighted by Gasteiger charge is -2.23. The average molecular weight is 359 g/mol. The fraction of sp³-hybridized carbons (Fsp3) is 0.235. The van der Waals surface area contributed by atoms with Crippen molar-refractivity contribution < 1.29 is 9.90 Å². The number of nitrogens with zero attached hydrogens (tertiary/aromatic N) is 2. The van der Waals surface area contributed by atoms with Crippen molar-refractivity contribution in [3.05, 3.63) is 68.6 Å². The van der Waals surface area contributed by atoms with E-state index in [0.29, 0.717) is 22.0 Å². The maximum absolute atomic E-state index is 12.5. The molecule has 0 bridgehead atoms. The van der Waals surface area contributed by atoms with Gasteiger partial charge in [-0.05, 0) is 18.9 Å². The Balaban J connectivity index is 1.81. The molecular weight excluding hydrogens is 342 g/mol. The molecule has 3 aromatic rings. The minimum absolute atomic E-state index is 0.216. The Bertz CT molecular complexity index is 787. The van der Waals surface area contributed by atoms with Crippen molar-refractivity contribution in [1.29, 1.82) is 0 Å². The van der Waals surface area contributed by atoms with Crippen molar-refractivity contribution in [3.8, 4) is 0 Å². The number of hydrogen-bond acceptors (Lipinski definition) is 6. The van der Waals surface area contributed by atoms with Crippen molar-refractivity contribution in [3.63, 3.8) is 0 Å². The lowest BCUT2D eigenvalue weighted by molar-refractivity contribution is 0.0835. The number of amides is 1. The fourth-order valence-electron chi connectivity index (χ4n) is 2.42. The fourth-order valence-corrected chi connectivity index (χ4v) is 3.81. The third kappa shape index (κ3) is 3.87. The van der Waals surface area contributed by atoms with Crippen LogP contribution in [0.1, 0.15) is 32.0 Å². The van der Waals surface area contributed by atoms with Crippen LogP contribution >= 0.6 is 22.7 Å². The molecule has 3 rings (SSSR count). The predicted molar refractivity (Wildman–Crippen MR) is 95.3 cm³/mol. The molecule has 5 nitrogen and oxygen atoms in total. The lowest BCUT2D eigenvalue weighted by atomic mass is 10.0. The number of aliphatic hydroxyl groups excluding tert-OH is 1. The molecule has 2 atom stereocenters.